The standard InChI is InChI=1S/C12H8ClFN2O3/c13-9-3-5(14)1-2-6(9)10-15-11(19-16-10)7-4-8(7)12(17)18/h1-3,7-8H,4H2,(H,17,18). The number of carboxylic acid groups (broad SMARTS) is 1. The van der Waals surface area contributed by atoms with Gasteiger partial charge in [0.05, 0.1) is 16.9 Å². The molecule has 3 rings (SSSR count). The molecular formula is C12H8ClFN2O3. The van der Waals surface area contributed by atoms with Gasteiger partial charge < -0.3 is 9.63 Å². The molecule has 1 aromatic heterocycles. The van der Waals surface area contributed by atoms with Gasteiger partial charge in [0.25, 0.3) is 0 Å². The number of carbonyl (C=O) groups is 1. The maximum Gasteiger partial charge on any atom is 0.307 e. The SMILES string of the molecule is O=C(O)C1CC1c1nc(-c2ccc(F)cc2Cl)no1. The maximum atomic E-state index is 12.9. The van der Waals surface area contributed by atoms with Crippen LogP contribution in [0, 0.1) is 11.7 Å². The quantitative estimate of drug-likeness (QED) is 0.936. The monoisotopic (exact) mass is 282 g/mol. The lowest BCUT2D eigenvalue weighted by atomic mass is 10.2. The summed E-state index contributed by atoms with van der Waals surface area (Å²) >= 11 is 5.89. The van der Waals surface area contributed by atoms with Gasteiger partial charge in [-0.1, -0.05) is 16.8 Å². The summed E-state index contributed by atoms with van der Waals surface area (Å²) in [5.74, 6) is -1.51. The van der Waals surface area contributed by atoms with E-state index in [9.17, 15) is 9.18 Å². The number of nitrogens with zero attached hydrogens (tertiary/aromatic N) is 2. The van der Waals surface area contributed by atoms with E-state index in [1.54, 1.807) is 0 Å². The van der Waals surface area contributed by atoms with Crippen molar-refractivity contribution >= 4 is 17.6 Å². The van der Waals surface area contributed by atoms with Crippen LogP contribution in [0.2, 0.25) is 5.02 Å². The summed E-state index contributed by atoms with van der Waals surface area (Å²) in [7, 11) is 0. The zero-order valence-electron chi connectivity index (χ0n) is 9.51. The lowest BCUT2D eigenvalue weighted by molar-refractivity contribution is -0.138. The van der Waals surface area contributed by atoms with Gasteiger partial charge in [-0.25, -0.2) is 4.39 Å². The van der Waals surface area contributed by atoms with Gasteiger partial charge in [0, 0.05) is 5.56 Å². The van der Waals surface area contributed by atoms with E-state index in [1.165, 1.54) is 12.1 Å². The molecule has 2 aromatic rings. The second kappa shape index (κ2) is 4.31. The van der Waals surface area contributed by atoms with Gasteiger partial charge in [-0.15, -0.1) is 0 Å². The molecule has 7 heteroatoms. The highest BCUT2D eigenvalue weighted by molar-refractivity contribution is 6.33. The zero-order chi connectivity index (χ0) is 13.6. The van der Waals surface area contributed by atoms with Crippen LogP contribution in [0.25, 0.3) is 11.4 Å². The smallest absolute Gasteiger partial charge is 0.307 e. The number of hydrogen-bond donors (Lipinski definition) is 1. The predicted molar refractivity (Wildman–Crippen MR) is 63.2 cm³/mol. The minimum absolute atomic E-state index is 0.179. The van der Waals surface area contributed by atoms with Gasteiger partial charge in [-0.3, -0.25) is 4.79 Å². The Labute approximate surface area is 112 Å². The van der Waals surface area contributed by atoms with Crippen LogP contribution in [0.4, 0.5) is 4.39 Å². The van der Waals surface area contributed by atoms with E-state index >= 15 is 0 Å². The average molecular weight is 283 g/mol. The highest BCUT2D eigenvalue weighted by Gasteiger charge is 2.48. The summed E-state index contributed by atoms with van der Waals surface area (Å²) < 4.78 is 18.0. The van der Waals surface area contributed by atoms with Crippen LogP contribution in [0.15, 0.2) is 22.7 Å². The Morgan fingerprint density at radius 1 is 1.53 bits per heavy atom. The number of carboxylic acids is 1. The van der Waals surface area contributed by atoms with E-state index in [2.05, 4.69) is 10.1 Å². The first-order valence-corrected chi connectivity index (χ1v) is 5.96. The molecule has 98 valence electrons. The maximum absolute atomic E-state index is 12.9. The van der Waals surface area contributed by atoms with Crippen molar-refractivity contribution in [3.63, 3.8) is 0 Å². The lowest BCUT2D eigenvalue weighted by Crippen LogP contribution is -1.98. The second-order valence-electron chi connectivity index (χ2n) is 4.37. The molecule has 19 heavy (non-hydrogen) atoms. The fraction of sp³-hybridized carbons (Fsp3) is 0.250. The Hall–Kier alpha value is -1.95. The summed E-state index contributed by atoms with van der Waals surface area (Å²) in [4.78, 5) is 14.9. The van der Waals surface area contributed by atoms with Crippen molar-refractivity contribution in [1.82, 2.24) is 10.1 Å². The molecule has 0 bridgehead atoms. The Morgan fingerprint density at radius 3 is 2.95 bits per heavy atom. The van der Waals surface area contributed by atoms with E-state index in [1.807, 2.05) is 0 Å². The lowest BCUT2D eigenvalue weighted by Gasteiger charge is -1.97. The minimum atomic E-state index is -0.871. The van der Waals surface area contributed by atoms with Crippen molar-refractivity contribution in [3.05, 3.63) is 34.9 Å². The van der Waals surface area contributed by atoms with Gasteiger partial charge in [-0.05, 0) is 24.6 Å². The molecule has 2 atom stereocenters. The fourth-order valence-corrected chi connectivity index (χ4v) is 2.16. The summed E-state index contributed by atoms with van der Waals surface area (Å²) in [6, 6.07) is 3.85. The van der Waals surface area contributed by atoms with E-state index < -0.39 is 17.7 Å². The van der Waals surface area contributed by atoms with Crippen LogP contribution in [-0.4, -0.2) is 21.2 Å². The molecule has 0 spiro atoms. The predicted octanol–water partition coefficient (Wildman–Crippen LogP) is 2.72. The fourth-order valence-electron chi connectivity index (χ4n) is 1.91. The molecule has 1 aliphatic carbocycles. The van der Waals surface area contributed by atoms with Crippen molar-refractivity contribution in [1.29, 1.82) is 0 Å². The Morgan fingerprint density at radius 2 is 2.32 bits per heavy atom. The number of aromatic nitrogens is 2. The van der Waals surface area contributed by atoms with Gasteiger partial charge >= 0.3 is 5.97 Å². The highest BCUT2D eigenvalue weighted by Crippen LogP contribution is 2.47. The third-order valence-corrected chi connectivity index (χ3v) is 3.35. The van der Waals surface area contributed by atoms with Gasteiger partial charge in [-0.2, -0.15) is 4.98 Å². The molecule has 1 fully saturated rings. The topological polar surface area (TPSA) is 76.2 Å². The third-order valence-electron chi connectivity index (χ3n) is 3.04. The largest absolute Gasteiger partial charge is 0.481 e. The van der Waals surface area contributed by atoms with E-state index in [0.717, 1.165) is 6.07 Å². The number of halogens is 2. The summed E-state index contributed by atoms with van der Waals surface area (Å²) in [6.07, 6.45) is 0.494. The van der Waals surface area contributed by atoms with E-state index in [0.29, 0.717) is 12.0 Å². The van der Waals surface area contributed by atoms with Crippen LogP contribution in [0.5, 0.6) is 0 Å². The molecular weight excluding hydrogens is 275 g/mol. The van der Waals surface area contributed by atoms with Crippen molar-refractivity contribution in [2.75, 3.05) is 0 Å². The molecule has 1 aliphatic rings. The molecule has 1 N–H and O–H groups in total. The number of hydrogen-bond acceptors (Lipinski definition) is 4. The zero-order valence-corrected chi connectivity index (χ0v) is 10.3. The van der Waals surface area contributed by atoms with Crippen LogP contribution < -0.4 is 0 Å². The first kappa shape index (κ1) is 12.1. The summed E-state index contributed by atoms with van der Waals surface area (Å²) in [5, 5.41) is 12.8. The molecule has 1 heterocycles. The molecule has 2 unspecified atom stereocenters. The van der Waals surface area contributed by atoms with Crippen molar-refractivity contribution in [2.24, 2.45) is 5.92 Å². The third kappa shape index (κ3) is 2.19. The van der Waals surface area contributed by atoms with Gasteiger partial charge in [0.2, 0.25) is 11.7 Å². The van der Waals surface area contributed by atoms with E-state index in [4.69, 9.17) is 21.2 Å². The molecule has 1 saturated carbocycles. The molecule has 0 aliphatic heterocycles. The molecule has 0 radical (unpaired) electrons. The first-order chi connectivity index (χ1) is 9.06. The van der Waals surface area contributed by atoms with Crippen LogP contribution in [0.1, 0.15) is 18.2 Å². The summed E-state index contributed by atoms with van der Waals surface area (Å²) in [6.45, 7) is 0. The number of aliphatic carboxylic acids is 1. The Kier molecular flexibility index (Phi) is 2.74. The number of rotatable bonds is 3. The van der Waals surface area contributed by atoms with Gasteiger partial charge in [0.15, 0.2) is 0 Å². The van der Waals surface area contributed by atoms with Crippen molar-refractivity contribution in [2.45, 2.75) is 12.3 Å². The van der Waals surface area contributed by atoms with Crippen LogP contribution >= 0.6 is 11.6 Å². The highest BCUT2D eigenvalue weighted by atomic mass is 35.5. The average Bonchev–Trinajstić information content (AvgIpc) is 3.01. The van der Waals surface area contributed by atoms with Crippen LogP contribution in [-0.2, 0) is 4.79 Å². The van der Waals surface area contributed by atoms with Crippen LogP contribution in [0.3, 0.4) is 0 Å². The molecule has 0 amide bonds. The van der Waals surface area contributed by atoms with Crippen molar-refractivity contribution in [3.8, 4) is 11.4 Å². The normalized spacial score (nSPS) is 21.4. The van der Waals surface area contributed by atoms with Crippen molar-refractivity contribution < 1.29 is 18.8 Å². The van der Waals surface area contributed by atoms with E-state index in [-0.39, 0.29) is 22.7 Å². The van der Waals surface area contributed by atoms with Gasteiger partial charge in [0.1, 0.15) is 5.82 Å². The number of benzene rings is 1. The molecule has 1 aromatic carbocycles. The Bertz CT molecular complexity index is 658. The second-order valence-corrected chi connectivity index (χ2v) is 4.77. The Balaban J connectivity index is 1.88. The minimum Gasteiger partial charge on any atom is -0.481 e. The first-order valence-electron chi connectivity index (χ1n) is 5.58. The molecule has 0 saturated heterocycles. The summed E-state index contributed by atoms with van der Waals surface area (Å²) in [5.41, 5.74) is 0.450. The molecule has 5 nitrogen and oxygen atoms in total.